The Morgan fingerprint density at radius 2 is 1.66 bits per heavy atom. The van der Waals surface area contributed by atoms with E-state index in [1.807, 2.05) is 26.0 Å². The third-order valence-electron chi connectivity index (χ3n) is 5.60. The Labute approximate surface area is 176 Å². The van der Waals surface area contributed by atoms with Crippen LogP contribution in [0.1, 0.15) is 38.7 Å². The summed E-state index contributed by atoms with van der Waals surface area (Å²) in [4.78, 5) is 2.62. The molecule has 2 aromatic carbocycles. The van der Waals surface area contributed by atoms with Gasteiger partial charge in [0.15, 0.2) is 11.5 Å². The van der Waals surface area contributed by atoms with Crippen LogP contribution in [0.3, 0.4) is 0 Å². The second-order valence-electron chi connectivity index (χ2n) is 7.78. The Balaban J connectivity index is 1.35. The Hall–Kier alpha value is -2.20. The number of nitrogens with one attached hydrogen (secondary N) is 1. The van der Waals surface area contributed by atoms with E-state index < -0.39 is 0 Å². The van der Waals surface area contributed by atoms with E-state index in [4.69, 9.17) is 9.47 Å². The quantitative estimate of drug-likeness (QED) is 0.527. The lowest BCUT2D eigenvalue weighted by molar-refractivity contribution is 0.183. The zero-order valence-corrected chi connectivity index (χ0v) is 18.0. The van der Waals surface area contributed by atoms with Crippen LogP contribution in [0.5, 0.6) is 11.5 Å². The zero-order chi connectivity index (χ0) is 20.3. The molecule has 1 N–H and O–H groups in total. The Morgan fingerprint density at radius 3 is 2.38 bits per heavy atom. The van der Waals surface area contributed by atoms with Crippen molar-refractivity contribution in [1.82, 2.24) is 4.90 Å². The Bertz CT molecular complexity index is 712. The van der Waals surface area contributed by atoms with Crippen molar-refractivity contribution in [1.29, 1.82) is 0 Å². The van der Waals surface area contributed by atoms with Gasteiger partial charge in [-0.25, -0.2) is 0 Å². The molecular formula is C25H36N2O2. The third-order valence-corrected chi connectivity index (χ3v) is 5.60. The van der Waals surface area contributed by atoms with E-state index in [9.17, 15) is 0 Å². The number of rotatable bonds is 11. The molecule has 0 amide bonds. The molecular weight excluding hydrogens is 360 g/mol. The minimum Gasteiger partial charge on any atom is -0.490 e. The summed E-state index contributed by atoms with van der Waals surface area (Å²) in [5, 5.41) is 3.53. The van der Waals surface area contributed by atoms with Crippen molar-refractivity contribution in [2.24, 2.45) is 5.92 Å². The number of hydrogen-bond donors (Lipinski definition) is 1. The van der Waals surface area contributed by atoms with Crippen LogP contribution in [0.25, 0.3) is 0 Å². The monoisotopic (exact) mass is 396 g/mol. The van der Waals surface area contributed by atoms with E-state index in [0.29, 0.717) is 13.2 Å². The van der Waals surface area contributed by atoms with Gasteiger partial charge in [-0.2, -0.15) is 0 Å². The highest BCUT2D eigenvalue weighted by Gasteiger charge is 2.19. The zero-order valence-electron chi connectivity index (χ0n) is 18.0. The number of hydrogen-bond acceptors (Lipinski definition) is 4. The van der Waals surface area contributed by atoms with Gasteiger partial charge < -0.3 is 19.7 Å². The molecule has 1 aliphatic heterocycles. The number of nitrogens with zero attached hydrogens (tertiary/aromatic N) is 1. The molecule has 158 valence electrons. The topological polar surface area (TPSA) is 33.7 Å². The molecule has 0 atom stereocenters. The summed E-state index contributed by atoms with van der Waals surface area (Å²) in [5.41, 5.74) is 2.58. The first-order valence-electron chi connectivity index (χ1n) is 11.2. The lowest BCUT2D eigenvalue weighted by atomic mass is 9.90. The van der Waals surface area contributed by atoms with Crippen molar-refractivity contribution in [3.05, 3.63) is 54.1 Å². The van der Waals surface area contributed by atoms with Gasteiger partial charge in [0.25, 0.3) is 0 Å². The van der Waals surface area contributed by atoms with Gasteiger partial charge in [0.05, 0.1) is 13.2 Å². The molecule has 0 aromatic heterocycles. The van der Waals surface area contributed by atoms with Gasteiger partial charge in [-0.05, 0) is 82.8 Å². The normalized spacial score (nSPS) is 15.2. The van der Waals surface area contributed by atoms with Gasteiger partial charge in [-0.1, -0.05) is 30.3 Å². The van der Waals surface area contributed by atoms with Crippen LogP contribution >= 0.6 is 0 Å². The van der Waals surface area contributed by atoms with Crippen molar-refractivity contribution < 1.29 is 9.47 Å². The lowest BCUT2D eigenvalue weighted by Crippen LogP contribution is -2.35. The van der Waals surface area contributed by atoms with Crippen molar-refractivity contribution in [2.75, 3.05) is 44.7 Å². The number of anilines is 1. The van der Waals surface area contributed by atoms with Crippen LogP contribution in [-0.4, -0.2) is 44.3 Å². The van der Waals surface area contributed by atoms with E-state index in [1.54, 1.807) is 0 Å². The summed E-state index contributed by atoms with van der Waals surface area (Å²) >= 11 is 0. The standard InChI is InChI=1S/C25H36N2O2/c1-3-28-24-12-11-23(20-25(24)29-4-2)26-15-8-16-27-17-13-22(14-18-27)19-21-9-6-5-7-10-21/h5-7,9-12,20,22,26H,3-4,8,13-19H2,1-2H3. The van der Waals surface area contributed by atoms with Crippen LogP contribution in [0.4, 0.5) is 5.69 Å². The summed E-state index contributed by atoms with van der Waals surface area (Å²) in [7, 11) is 0. The van der Waals surface area contributed by atoms with Crippen molar-refractivity contribution in [2.45, 2.75) is 39.5 Å². The maximum absolute atomic E-state index is 5.71. The fraction of sp³-hybridized carbons (Fsp3) is 0.520. The van der Waals surface area contributed by atoms with Gasteiger partial charge in [-0.3, -0.25) is 0 Å². The first-order valence-corrected chi connectivity index (χ1v) is 11.2. The van der Waals surface area contributed by atoms with E-state index in [0.717, 1.165) is 36.1 Å². The highest BCUT2D eigenvalue weighted by Crippen LogP contribution is 2.30. The summed E-state index contributed by atoms with van der Waals surface area (Å²) in [6, 6.07) is 17.0. The predicted molar refractivity (Wildman–Crippen MR) is 121 cm³/mol. The number of piperidine rings is 1. The van der Waals surface area contributed by atoms with Crippen LogP contribution in [0.15, 0.2) is 48.5 Å². The first-order chi connectivity index (χ1) is 14.3. The molecule has 1 heterocycles. The third kappa shape index (κ3) is 6.97. The van der Waals surface area contributed by atoms with Gasteiger partial charge in [0, 0.05) is 18.3 Å². The van der Waals surface area contributed by atoms with E-state index in [1.165, 1.54) is 44.5 Å². The minimum atomic E-state index is 0.643. The second kappa shape index (κ2) is 11.7. The molecule has 0 aliphatic carbocycles. The molecule has 1 aliphatic rings. The van der Waals surface area contributed by atoms with E-state index in [-0.39, 0.29) is 0 Å². The van der Waals surface area contributed by atoms with Crippen molar-refractivity contribution in [3.8, 4) is 11.5 Å². The van der Waals surface area contributed by atoms with Crippen molar-refractivity contribution in [3.63, 3.8) is 0 Å². The molecule has 3 rings (SSSR count). The summed E-state index contributed by atoms with van der Waals surface area (Å²) in [6.45, 7) is 9.89. The van der Waals surface area contributed by atoms with Crippen molar-refractivity contribution >= 4 is 5.69 Å². The molecule has 1 fully saturated rings. The molecule has 0 bridgehead atoms. The smallest absolute Gasteiger partial charge is 0.163 e. The highest BCUT2D eigenvalue weighted by atomic mass is 16.5. The molecule has 4 nitrogen and oxygen atoms in total. The first kappa shape index (κ1) is 21.5. The Kier molecular flexibility index (Phi) is 8.69. The van der Waals surface area contributed by atoms with Gasteiger partial charge in [-0.15, -0.1) is 0 Å². The molecule has 0 radical (unpaired) electrons. The van der Waals surface area contributed by atoms with Crippen LogP contribution in [-0.2, 0) is 6.42 Å². The molecule has 4 heteroatoms. The lowest BCUT2D eigenvalue weighted by Gasteiger charge is -2.32. The summed E-state index contributed by atoms with van der Waals surface area (Å²) < 4.78 is 11.3. The average Bonchev–Trinajstić information content (AvgIpc) is 2.75. The highest BCUT2D eigenvalue weighted by molar-refractivity contribution is 5.54. The second-order valence-corrected chi connectivity index (χ2v) is 7.78. The van der Waals surface area contributed by atoms with Crippen LogP contribution < -0.4 is 14.8 Å². The van der Waals surface area contributed by atoms with E-state index in [2.05, 4.69) is 46.6 Å². The van der Waals surface area contributed by atoms with Gasteiger partial charge in [0.2, 0.25) is 0 Å². The molecule has 0 saturated carbocycles. The fourth-order valence-electron chi connectivity index (χ4n) is 4.06. The summed E-state index contributed by atoms with van der Waals surface area (Å²) in [5.74, 6) is 2.48. The van der Waals surface area contributed by atoms with Crippen LogP contribution in [0.2, 0.25) is 0 Å². The number of benzene rings is 2. The van der Waals surface area contributed by atoms with E-state index >= 15 is 0 Å². The molecule has 1 saturated heterocycles. The average molecular weight is 397 g/mol. The molecule has 0 unspecified atom stereocenters. The van der Waals surface area contributed by atoms with Crippen LogP contribution in [0, 0.1) is 5.92 Å². The molecule has 0 spiro atoms. The number of likely N-dealkylation sites (tertiary alicyclic amines) is 1. The molecule has 29 heavy (non-hydrogen) atoms. The predicted octanol–water partition coefficient (Wildman–Crippen LogP) is 5.24. The summed E-state index contributed by atoms with van der Waals surface area (Å²) in [6.07, 6.45) is 5.02. The minimum absolute atomic E-state index is 0.643. The van der Waals surface area contributed by atoms with Gasteiger partial charge >= 0.3 is 0 Å². The fourth-order valence-corrected chi connectivity index (χ4v) is 4.06. The maximum atomic E-state index is 5.71. The largest absolute Gasteiger partial charge is 0.490 e. The Morgan fingerprint density at radius 1 is 0.931 bits per heavy atom. The molecule has 2 aromatic rings. The SMILES string of the molecule is CCOc1ccc(NCCCN2CCC(Cc3ccccc3)CC2)cc1OCC. The number of ether oxygens (including phenoxy) is 2. The maximum Gasteiger partial charge on any atom is 0.163 e. The van der Waals surface area contributed by atoms with Gasteiger partial charge in [0.1, 0.15) is 0 Å².